The van der Waals surface area contributed by atoms with Crippen LogP contribution in [0.3, 0.4) is 0 Å². The predicted octanol–water partition coefficient (Wildman–Crippen LogP) is 4.23. The van der Waals surface area contributed by atoms with Crippen LogP contribution in [0.15, 0.2) is 28.7 Å². The highest BCUT2D eigenvalue weighted by atomic mass is 79.9. The Morgan fingerprint density at radius 3 is 2.48 bits per heavy atom. The van der Waals surface area contributed by atoms with E-state index in [1.807, 2.05) is 0 Å². The first-order valence-electron chi connectivity index (χ1n) is 8.24. The normalized spacial score (nSPS) is 19.1. The highest BCUT2D eigenvalue weighted by Gasteiger charge is 2.42. The molecule has 1 aliphatic carbocycles. The molecule has 0 bridgehead atoms. The van der Waals surface area contributed by atoms with Gasteiger partial charge in [-0.2, -0.15) is 0 Å². The van der Waals surface area contributed by atoms with Crippen molar-refractivity contribution < 1.29 is 0 Å². The van der Waals surface area contributed by atoms with Gasteiger partial charge in [-0.05, 0) is 58.0 Å². The molecule has 1 unspecified atom stereocenters. The maximum Gasteiger partial charge on any atom is 0.0359 e. The molecule has 0 spiro atoms. The summed E-state index contributed by atoms with van der Waals surface area (Å²) in [5.41, 5.74) is 1.73. The SMILES string of the molecule is CCCNC(Cc1ccccc1Br)C1(N(C)C)CCCC1. The second-order valence-corrected chi connectivity index (χ2v) is 7.36. The van der Waals surface area contributed by atoms with E-state index < -0.39 is 0 Å². The fourth-order valence-electron chi connectivity index (χ4n) is 3.75. The Morgan fingerprint density at radius 1 is 1.24 bits per heavy atom. The summed E-state index contributed by atoms with van der Waals surface area (Å²) in [4.78, 5) is 2.48. The zero-order valence-corrected chi connectivity index (χ0v) is 15.2. The van der Waals surface area contributed by atoms with Gasteiger partial charge in [0.1, 0.15) is 0 Å². The molecule has 0 heterocycles. The lowest BCUT2D eigenvalue weighted by molar-refractivity contribution is 0.104. The number of hydrogen-bond donors (Lipinski definition) is 1. The Labute approximate surface area is 138 Å². The zero-order chi connectivity index (χ0) is 15.3. The van der Waals surface area contributed by atoms with Crippen molar-refractivity contribution in [2.24, 2.45) is 0 Å². The molecule has 1 aromatic rings. The molecule has 1 N–H and O–H groups in total. The van der Waals surface area contributed by atoms with Gasteiger partial charge in [-0.15, -0.1) is 0 Å². The summed E-state index contributed by atoms with van der Waals surface area (Å²) in [5, 5.41) is 3.85. The second kappa shape index (κ2) is 7.75. The number of halogens is 1. The molecule has 1 fully saturated rings. The van der Waals surface area contributed by atoms with Gasteiger partial charge in [0.15, 0.2) is 0 Å². The highest BCUT2D eigenvalue weighted by Crippen LogP contribution is 2.38. The van der Waals surface area contributed by atoms with Gasteiger partial charge in [0.05, 0.1) is 0 Å². The molecule has 0 aliphatic heterocycles. The van der Waals surface area contributed by atoms with Crippen molar-refractivity contribution in [2.45, 2.75) is 57.0 Å². The van der Waals surface area contributed by atoms with Gasteiger partial charge in [-0.1, -0.05) is 53.9 Å². The molecule has 0 saturated heterocycles. The van der Waals surface area contributed by atoms with Crippen molar-refractivity contribution in [3.63, 3.8) is 0 Å². The minimum atomic E-state index is 0.310. The van der Waals surface area contributed by atoms with Crippen molar-refractivity contribution in [1.82, 2.24) is 10.2 Å². The molecule has 0 radical (unpaired) electrons. The molecule has 118 valence electrons. The molecule has 0 aromatic heterocycles. The van der Waals surface area contributed by atoms with Crippen LogP contribution < -0.4 is 5.32 Å². The lowest BCUT2D eigenvalue weighted by Gasteiger charge is -2.44. The molecular formula is C18H29BrN2. The zero-order valence-electron chi connectivity index (χ0n) is 13.7. The summed E-state index contributed by atoms with van der Waals surface area (Å²) < 4.78 is 1.24. The average molecular weight is 353 g/mol. The van der Waals surface area contributed by atoms with Gasteiger partial charge in [0.25, 0.3) is 0 Å². The van der Waals surface area contributed by atoms with Gasteiger partial charge in [-0.3, -0.25) is 0 Å². The summed E-state index contributed by atoms with van der Waals surface area (Å²) in [7, 11) is 4.51. The lowest BCUT2D eigenvalue weighted by atomic mass is 9.83. The van der Waals surface area contributed by atoms with Crippen molar-refractivity contribution >= 4 is 15.9 Å². The van der Waals surface area contributed by atoms with Gasteiger partial charge in [-0.25, -0.2) is 0 Å². The Kier molecular flexibility index (Phi) is 6.27. The Hall–Kier alpha value is -0.380. The van der Waals surface area contributed by atoms with Crippen LogP contribution in [-0.4, -0.2) is 37.1 Å². The van der Waals surface area contributed by atoms with Crippen molar-refractivity contribution in [3.8, 4) is 0 Å². The Bertz CT molecular complexity index is 439. The molecule has 2 rings (SSSR count). The van der Waals surface area contributed by atoms with Gasteiger partial charge in [0.2, 0.25) is 0 Å². The fourth-order valence-corrected chi connectivity index (χ4v) is 4.20. The minimum absolute atomic E-state index is 0.310. The summed E-state index contributed by atoms with van der Waals surface area (Å²) >= 11 is 3.71. The van der Waals surface area contributed by atoms with Crippen LogP contribution in [0, 0.1) is 0 Å². The lowest BCUT2D eigenvalue weighted by Crippen LogP contribution is -2.58. The predicted molar refractivity (Wildman–Crippen MR) is 94.8 cm³/mol. The summed E-state index contributed by atoms with van der Waals surface area (Å²) in [5.74, 6) is 0. The summed E-state index contributed by atoms with van der Waals surface area (Å²) in [6.45, 7) is 3.35. The first-order chi connectivity index (χ1) is 10.1. The third-order valence-corrected chi connectivity index (χ3v) is 5.80. The molecule has 2 nitrogen and oxygen atoms in total. The number of nitrogens with zero attached hydrogens (tertiary/aromatic N) is 1. The molecule has 3 heteroatoms. The van der Waals surface area contributed by atoms with E-state index in [0.29, 0.717) is 11.6 Å². The number of hydrogen-bond acceptors (Lipinski definition) is 2. The first-order valence-corrected chi connectivity index (χ1v) is 9.03. The standard InChI is InChI=1S/C18H29BrN2/c1-4-13-20-17(14-15-9-5-6-10-16(15)19)18(21(2)3)11-7-8-12-18/h5-6,9-10,17,20H,4,7-8,11-14H2,1-3H3. The molecule has 21 heavy (non-hydrogen) atoms. The average Bonchev–Trinajstić information content (AvgIpc) is 2.96. The molecule has 1 aromatic carbocycles. The topological polar surface area (TPSA) is 15.3 Å². The maximum atomic E-state index is 3.85. The van der Waals surface area contributed by atoms with Gasteiger partial charge in [0, 0.05) is 16.1 Å². The van der Waals surface area contributed by atoms with E-state index in [0.717, 1.165) is 13.0 Å². The highest BCUT2D eigenvalue weighted by molar-refractivity contribution is 9.10. The van der Waals surface area contributed by atoms with E-state index in [-0.39, 0.29) is 0 Å². The monoisotopic (exact) mass is 352 g/mol. The third kappa shape index (κ3) is 3.88. The van der Waals surface area contributed by atoms with E-state index in [4.69, 9.17) is 0 Å². The van der Waals surface area contributed by atoms with Crippen molar-refractivity contribution in [1.29, 1.82) is 0 Å². The second-order valence-electron chi connectivity index (χ2n) is 6.51. The summed E-state index contributed by atoms with van der Waals surface area (Å²) in [6, 6.07) is 9.17. The van der Waals surface area contributed by atoms with Crippen LogP contribution in [0.25, 0.3) is 0 Å². The summed E-state index contributed by atoms with van der Waals surface area (Å²) in [6.07, 6.45) is 7.63. The van der Waals surface area contributed by atoms with Crippen LogP contribution in [0.2, 0.25) is 0 Å². The molecule has 0 amide bonds. The molecule has 1 saturated carbocycles. The molecule has 1 aliphatic rings. The largest absolute Gasteiger partial charge is 0.312 e. The van der Waals surface area contributed by atoms with Crippen LogP contribution in [0.4, 0.5) is 0 Å². The van der Waals surface area contributed by atoms with E-state index >= 15 is 0 Å². The van der Waals surface area contributed by atoms with E-state index in [2.05, 4.69) is 71.4 Å². The fraction of sp³-hybridized carbons (Fsp3) is 0.667. The van der Waals surface area contributed by atoms with E-state index in [1.54, 1.807) is 0 Å². The third-order valence-electron chi connectivity index (χ3n) is 5.03. The van der Waals surface area contributed by atoms with Gasteiger partial charge < -0.3 is 10.2 Å². The Balaban J connectivity index is 2.23. The van der Waals surface area contributed by atoms with E-state index in [9.17, 15) is 0 Å². The molecular weight excluding hydrogens is 324 g/mol. The first kappa shape index (κ1) is 17.0. The minimum Gasteiger partial charge on any atom is -0.312 e. The number of benzene rings is 1. The van der Waals surface area contributed by atoms with Gasteiger partial charge >= 0.3 is 0 Å². The smallest absolute Gasteiger partial charge is 0.0359 e. The van der Waals surface area contributed by atoms with Crippen LogP contribution >= 0.6 is 15.9 Å². The number of rotatable bonds is 7. The van der Waals surface area contributed by atoms with Crippen molar-refractivity contribution in [3.05, 3.63) is 34.3 Å². The van der Waals surface area contributed by atoms with Crippen LogP contribution in [-0.2, 0) is 6.42 Å². The van der Waals surface area contributed by atoms with Crippen molar-refractivity contribution in [2.75, 3.05) is 20.6 Å². The molecule has 1 atom stereocenters. The quantitative estimate of drug-likeness (QED) is 0.789. The Morgan fingerprint density at radius 2 is 1.90 bits per heavy atom. The number of nitrogens with one attached hydrogen (secondary N) is 1. The van der Waals surface area contributed by atoms with Crippen LogP contribution in [0.1, 0.15) is 44.6 Å². The maximum absolute atomic E-state index is 3.85. The number of likely N-dealkylation sites (N-methyl/N-ethyl adjacent to an activating group) is 1. The van der Waals surface area contributed by atoms with Crippen LogP contribution in [0.5, 0.6) is 0 Å². The van der Waals surface area contributed by atoms with E-state index in [1.165, 1.54) is 42.1 Å².